The van der Waals surface area contributed by atoms with E-state index in [1.807, 2.05) is 6.92 Å². The number of halogens is 1. The number of alkyl halides is 1. The van der Waals surface area contributed by atoms with E-state index in [9.17, 15) is 14.4 Å². The van der Waals surface area contributed by atoms with Crippen molar-refractivity contribution in [2.75, 3.05) is 17.2 Å². The SMILES string of the molecule is CCCCn1c2c(c(=O)n(CCCCC(=O)OCC)c1=O)NC(Cl)N2. The molecule has 1 aliphatic heterocycles. The van der Waals surface area contributed by atoms with Crippen LogP contribution in [-0.4, -0.2) is 27.3 Å². The molecule has 2 rings (SSSR count). The first-order valence-electron chi connectivity index (χ1n) is 8.70. The summed E-state index contributed by atoms with van der Waals surface area (Å²) in [6, 6.07) is 0. The second-order valence-electron chi connectivity index (χ2n) is 5.88. The number of fused-ring (bicyclic) bond motifs is 1. The molecule has 1 aromatic rings. The van der Waals surface area contributed by atoms with E-state index >= 15 is 0 Å². The summed E-state index contributed by atoms with van der Waals surface area (Å²) in [5, 5.41) is 5.79. The standard InChI is InChI=1S/C16H25ClN4O4/c1-3-5-9-20-13-12(18-15(17)19-13)14(23)21(16(20)24)10-7-6-8-11(22)25-4-2/h15,18-19H,3-10H2,1-2H3. The Kier molecular flexibility index (Phi) is 6.92. The zero-order valence-electron chi connectivity index (χ0n) is 14.6. The summed E-state index contributed by atoms with van der Waals surface area (Å²) in [6.45, 7) is 4.91. The third kappa shape index (κ3) is 4.56. The lowest BCUT2D eigenvalue weighted by atomic mass is 10.2. The number of ether oxygens (including phenoxy) is 1. The number of nitrogens with zero attached hydrogens (tertiary/aromatic N) is 2. The fraction of sp³-hybridized carbons (Fsp3) is 0.688. The molecule has 0 spiro atoms. The van der Waals surface area contributed by atoms with Crippen molar-refractivity contribution >= 4 is 29.1 Å². The molecule has 2 heterocycles. The first-order chi connectivity index (χ1) is 12.0. The zero-order chi connectivity index (χ0) is 18.4. The molecule has 140 valence electrons. The maximum atomic E-state index is 12.7. The predicted octanol–water partition coefficient (Wildman–Crippen LogP) is 1.90. The highest BCUT2D eigenvalue weighted by atomic mass is 35.5. The third-order valence-electron chi connectivity index (χ3n) is 4.02. The van der Waals surface area contributed by atoms with Gasteiger partial charge in [-0.05, 0) is 26.2 Å². The molecule has 1 atom stereocenters. The minimum atomic E-state index is -0.616. The van der Waals surface area contributed by atoms with Crippen molar-refractivity contribution in [1.82, 2.24) is 9.13 Å². The Labute approximate surface area is 151 Å². The molecule has 0 radical (unpaired) electrons. The summed E-state index contributed by atoms with van der Waals surface area (Å²) in [6.07, 6.45) is 3.12. The number of anilines is 2. The largest absolute Gasteiger partial charge is 0.466 e. The van der Waals surface area contributed by atoms with E-state index in [0.29, 0.717) is 37.5 Å². The Morgan fingerprint density at radius 3 is 2.52 bits per heavy atom. The molecule has 1 unspecified atom stereocenters. The van der Waals surface area contributed by atoms with E-state index in [4.69, 9.17) is 16.3 Å². The number of unbranched alkanes of at least 4 members (excludes halogenated alkanes) is 2. The van der Waals surface area contributed by atoms with Gasteiger partial charge < -0.3 is 15.4 Å². The lowest BCUT2D eigenvalue weighted by Gasteiger charge is -2.14. The Morgan fingerprint density at radius 1 is 1.12 bits per heavy atom. The summed E-state index contributed by atoms with van der Waals surface area (Å²) in [5.41, 5.74) is -1.04. The van der Waals surface area contributed by atoms with E-state index in [1.165, 1.54) is 4.57 Å². The summed E-state index contributed by atoms with van der Waals surface area (Å²) < 4.78 is 7.64. The molecule has 0 saturated carbocycles. The smallest absolute Gasteiger partial charge is 0.332 e. The van der Waals surface area contributed by atoms with Crippen molar-refractivity contribution < 1.29 is 9.53 Å². The summed E-state index contributed by atoms with van der Waals surface area (Å²) in [4.78, 5) is 36.7. The molecule has 8 nitrogen and oxygen atoms in total. The second kappa shape index (κ2) is 8.94. The Hall–Kier alpha value is -1.96. The van der Waals surface area contributed by atoms with Gasteiger partial charge in [-0.1, -0.05) is 24.9 Å². The summed E-state index contributed by atoms with van der Waals surface area (Å²) in [5.74, 6) is 0.186. The molecule has 1 aliphatic rings. The first-order valence-corrected chi connectivity index (χ1v) is 9.13. The fourth-order valence-corrected chi connectivity index (χ4v) is 2.97. The van der Waals surface area contributed by atoms with Gasteiger partial charge in [-0.25, -0.2) is 4.79 Å². The molecule has 0 aliphatic carbocycles. The Morgan fingerprint density at radius 2 is 1.84 bits per heavy atom. The molecule has 0 fully saturated rings. The van der Waals surface area contributed by atoms with Gasteiger partial charge in [0.25, 0.3) is 5.56 Å². The number of rotatable bonds is 9. The topological polar surface area (TPSA) is 94.4 Å². The van der Waals surface area contributed by atoms with Crippen LogP contribution in [0.15, 0.2) is 9.59 Å². The van der Waals surface area contributed by atoms with Crippen molar-refractivity contribution in [3.63, 3.8) is 0 Å². The highest BCUT2D eigenvalue weighted by Crippen LogP contribution is 2.25. The number of hydrogen-bond donors (Lipinski definition) is 2. The van der Waals surface area contributed by atoms with Gasteiger partial charge >= 0.3 is 11.7 Å². The molecule has 9 heteroatoms. The van der Waals surface area contributed by atoms with Crippen LogP contribution in [0.1, 0.15) is 46.0 Å². The van der Waals surface area contributed by atoms with Gasteiger partial charge in [-0.3, -0.25) is 18.7 Å². The second-order valence-corrected chi connectivity index (χ2v) is 6.32. The van der Waals surface area contributed by atoms with Crippen LogP contribution in [0, 0.1) is 0 Å². The molecular weight excluding hydrogens is 348 g/mol. The Balaban J connectivity index is 2.18. The average Bonchev–Trinajstić information content (AvgIpc) is 2.96. The van der Waals surface area contributed by atoms with E-state index in [2.05, 4.69) is 10.6 Å². The number of hydrogen-bond acceptors (Lipinski definition) is 6. The van der Waals surface area contributed by atoms with Gasteiger partial charge in [0.1, 0.15) is 11.5 Å². The summed E-state index contributed by atoms with van der Waals surface area (Å²) >= 11 is 6.01. The molecule has 0 saturated heterocycles. The van der Waals surface area contributed by atoms with E-state index in [1.54, 1.807) is 11.5 Å². The van der Waals surface area contributed by atoms with Gasteiger partial charge in [0.15, 0.2) is 5.62 Å². The van der Waals surface area contributed by atoms with Gasteiger partial charge in [0, 0.05) is 19.5 Å². The van der Waals surface area contributed by atoms with Gasteiger partial charge in [0.2, 0.25) is 0 Å². The lowest BCUT2D eigenvalue weighted by Crippen LogP contribution is -2.40. The third-order valence-corrected chi connectivity index (χ3v) is 4.23. The number of nitrogens with one attached hydrogen (secondary N) is 2. The van der Waals surface area contributed by atoms with Crippen LogP contribution in [0.3, 0.4) is 0 Å². The van der Waals surface area contributed by atoms with Crippen LogP contribution < -0.4 is 21.9 Å². The van der Waals surface area contributed by atoms with Crippen LogP contribution in [0.5, 0.6) is 0 Å². The maximum absolute atomic E-state index is 12.7. The highest BCUT2D eigenvalue weighted by Gasteiger charge is 2.26. The molecule has 0 amide bonds. The van der Waals surface area contributed by atoms with Crippen molar-refractivity contribution in [3.8, 4) is 0 Å². The number of carbonyl (C=O) groups excluding carboxylic acids is 1. The van der Waals surface area contributed by atoms with Crippen LogP contribution in [0.25, 0.3) is 0 Å². The van der Waals surface area contributed by atoms with Crippen molar-refractivity contribution in [2.45, 2.75) is 64.7 Å². The molecule has 0 bridgehead atoms. The lowest BCUT2D eigenvalue weighted by molar-refractivity contribution is -0.143. The van der Waals surface area contributed by atoms with Gasteiger partial charge in [0.05, 0.1) is 6.61 Å². The molecule has 2 N–H and O–H groups in total. The van der Waals surface area contributed by atoms with Crippen LogP contribution in [0.2, 0.25) is 0 Å². The molecule has 0 aromatic carbocycles. The predicted molar refractivity (Wildman–Crippen MR) is 97.2 cm³/mol. The van der Waals surface area contributed by atoms with Crippen LogP contribution in [-0.2, 0) is 22.6 Å². The molecule has 1 aromatic heterocycles. The fourth-order valence-electron chi connectivity index (χ4n) is 2.76. The van der Waals surface area contributed by atoms with E-state index in [0.717, 1.165) is 12.8 Å². The van der Waals surface area contributed by atoms with Crippen LogP contribution in [0.4, 0.5) is 11.5 Å². The van der Waals surface area contributed by atoms with Gasteiger partial charge in [-0.15, -0.1) is 0 Å². The van der Waals surface area contributed by atoms with E-state index < -0.39 is 5.62 Å². The number of carbonyl (C=O) groups is 1. The molecule has 25 heavy (non-hydrogen) atoms. The van der Waals surface area contributed by atoms with Crippen molar-refractivity contribution in [3.05, 3.63) is 20.8 Å². The number of esters is 1. The van der Waals surface area contributed by atoms with Gasteiger partial charge in [-0.2, -0.15) is 0 Å². The average molecular weight is 373 g/mol. The van der Waals surface area contributed by atoms with Crippen molar-refractivity contribution in [1.29, 1.82) is 0 Å². The quantitative estimate of drug-likeness (QED) is 0.297. The monoisotopic (exact) mass is 372 g/mol. The maximum Gasteiger partial charge on any atom is 0.332 e. The minimum absolute atomic E-state index is 0.255. The molecular formula is C16H25ClN4O4. The zero-order valence-corrected chi connectivity index (χ0v) is 15.4. The van der Waals surface area contributed by atoms with E-state index in [-0.39, 0.29) is 30.2 Å². The Bertz CT molecular complexity index is 728. The summed E-state index contributed by atoms with van der Waals surface area (Å²) in [7, 11) is 0. The van der Waals surface area contributed by atoms with Crippen molar-refractivity contribution in [2.24, 2.45) is 0 Å². The van der Waals surface area contributed by atoms with Crippen LogP contribution >= 0.6 is 11.6 Å². The number of aromatic nitrogens is 2. The first kappa shape index (κ1) is 19.4. The minimum Gasteiger partial charge on any atom is -0.466 e. The highest BCUT2D eigenvalue weighted by molar-refractivity contribution is 6.23. The normalized spacial score (nSPS) is 15.4.